The van der Waals surface area contributed by atoms with Crippen molar-refractivity contribution in [2.75, 3.05) is 7.11 Å². The summed E-state index contributed by atoms with van der Waals surface area (Å²) in [6.45, 7) is 1.49. The zero-order chi connectivity index (χ0) is 10.9. The van der Waals surface area contributed by atoms with Gasteiger partial charge in [0.2, 0.25) is 5.03 Å². The van der Waals surface area contributed by atoms with E-state index in [1.807, 2.05) is 0 Å². The van der Waals surface area contributed by atoms with Crippen molar-refractivity contribution >= 4 is 16.0 Å². The Hall–Kier alpha value is -1.41. The number of sulfonamides is 1. The Labute approximate surface area is 80.3 Å². The highest BCUT2D eigenvalue weighted by Crippen LogP contribution is 2.15. The van der Waals surface area contributed by atoms with E-state index in [1.165, 1.54) is 6.92 Å². The molecular weight excluding hydrogens is 210 g/mol. The molecule has 78 valence electrons. The minimum Gasteiger partial charge on any atom is -0.465 e. The Morgan fingerprint density at radius 3 is 2.57 bits per heavy atom. The molecule has 0 aliphatic rings. The van der Waals surface area contributed by atoms with Crippen LogP contribution in [0.25, 0.3) is 0 Å². The highest BCUT2D eigenvalue weighted by atomic mass is 32.2. The number of carbonyl (C=O) groups is 1. The molecule has 0 fully saturated rings. The number of rotatable bonds is 2. The third-order valence-electron chi connectivity index (χ3n) is 1.57. The van der Waals surface area contributed by atoms with Gasteiger partial charge < -0.3 is 4.74 Å². The summed E-state index contributed by atoms with van der Waals surface area (Å²) >= 11 is 0. The van der Waals surface area contributed by atoms with Crippen LogP contribution in [0.3, 0.4) is 0 Å². The lowest BCUT2D eigenvalue weighted by Crippen LogP contribution is -2.17. The molecule has 0 aliphatic carbocycles. The summed E-state index contributed by atoms with van der Waals surface area (Å²) in [5.74, 6) is -0.791. The molecule has 0 aromatic carbocycles. The number of primary sulfonamides is 1. The van der Waals surface area contributed by atoms with Crippen molar-refractivity contribution in [3.8, 4) is 0 Å². The van der Waals surface area contributed by atoms with Gasteiger partial charge in [0.1, 0.15) is 5.56 Å². The molecule has 14 heavy (non-hydrogen) atoms. The van der Waals surface area contributed by atoms with E-state index in [2.05, 4.69) is 14.9 Å². The van der Waals surface area contributed by atoms with Crippen LogP contribution in [0.4, 0.5) is 0 Å². The Morgan fingerprint density at radius 2 is 2.14 bits per heavy atom. The van der Waals surface area contributed by atoms with Gasteiger partial charge in [0.05, 0.1) is 7.11 Å². The van der Waals surface area contributed by atoms with Crippen LogP contribution in [0.15, 0.2) is 5.03 Å². The number of nitrogens with two attached hydrogens (primary N) is 1. The topological polar surface area (TPSA) is 115 Å². The molecule has 8 heteroatoms. The summed E-state index contributed by atoms with van der Waals surface area (Å²) in [6.07, 6.45) is 0. The van der Waals surface area contributed by atoms with Crippen molar-refractivity contribution in [3.63, 3.8) is 0 Å². The Kier molecular flexibility index (Phi) is 2.58. The maximum Gasteiger partial charge on any atom is 0.342 e. The van der Waals surface area contributed by atoms with Crippen molar-refractivity contribution in [2.24, 2.45) is 5.14 Å². The van der Waals surface area contributed by atoms with Gasteiger partial charge in [-0.05, 0) is 6.92 Å². The van der Waals surface area contributed by atoms with E-state index >= 15 is 0 Å². The zero-order valence-corrected chi connectivity index (χ0v) is 8.38. The minimum absolute atomic E-state index is 0.157. The summed E-state index contributed by atoms with van der Waals surface area (Å²) in [4.78, 5) is 11.2. The van der Waals surface area contributed by atoms with E-state index in [1.54, 1.807) is 0 Å². The number of H-pyrrole nitrogens is 1. The molecule has 1 aromatic heterocycles. The molecule has 1 heterocycles. The first-order chi connectivity index (χ1) is 6.38. The van der Waals surface area contributed by atoms with E-state index in [4.69, 9.17) is 5.14 Å². The van der Waals surface area contributed by atoms with Crippen LogP contribution in [0.1, 0.15) is 16.1 Å². The first kappa shape index (κ1) is 10.7. The van der Waals surface area contributed by atoms with E-state index in [0.29, 0.717) is 5.69 Å². The van der Waals surface area contributed by atoms with Gasteiger partial charge in [-0.2, -0.15) is 5.10 Å². The lowest BCUT2D eigenvalue weighted by molar-refractivity contribution is 0.0595. The van der Waals surface area contributed by atoms with E-state index in [-0.39, 0.29) is 5.56 Å². The fraction of sp³-hybridized carbons (Fsp3) is 0.333. The van der Waals surface area contributed by atoms with Gasteiger partial charge in [0, 0.05) is 5.69 Å². The molecule has 0 aliphatic heterocycles. The normalized spacial score (nSPS) is 11.4. The van der Waals surface area contributed by atoms with Crippen LogP contribution in [0.5, 0.6) is 0 Å². The Bertz CT molecular complexity index is 461. The van der Waals surface area contributed by atoms with Crippen LogP contribution in [0.2, 0.25) is 0 Å². The molecule has 7 nitrogen and oxygen atoms in total. The molecule has 1 rings (SSSR count). The van der Waals surface area contributed by atoms with Gasteiger partial charge in [-0.15, -0.1) is 0 Å². The number of hydrogen-bond acceptors (Lipinski definition) is 5. The number of ether oxygens (including phenoxy) is 1. The number of aromatic amines is 1. The smallest absolute Gasteiger partial charge is 0.342 e. The van der Waals surface area contributed by atoms with Crippen LogP contribution in [-0.4, -0.2) is 31.7 Å². The van der Waals surface area contributed by atoms with Gasteiger partial charge in [0.15, 0.2) is 0 Å². The standard InChI is InChI=1S/C6H9N3O4S/c1-3-4(6(10)13-2)5(9-8-3)14(7,11)12/h1-2H3,(H,8,9)(H2,7,11,12). The third-order valence-corrected chi connectivity index (χ3v) is 2.41. The molecular formula is C6H9N3O4S. The van der Waals surface area contributed by atoms with Crippen LogP contribution in [-0.2, 0) is 14.8 Å². The molecule has 0 spiro atoms. The van der Waals surface area contributed by atoms with E-state index in [9.17, 15) is 13.2 Å². The Balaban J connectivity index is 3.42. The molecule has 0 bridgehead atoms. The maximum absolute atomic E-state index is 11.2. The summed E-state index contributed by atoms with van der Waals surface area (Å²) < 4.78 is 26.3. The summed E-state index contributed by atoms with van der Waals surface area (Å²) in [6, 6.07) is 0. The van der Waals surface area contributed by atoms with Crippen LogP contribution in [0, 0.1) is 6.92 Å². The predicted molar refractivity (Wildman–Crippen MR) is 46.0 cm³/mol. The monoisotopic (exact) mass is 219 g/mol. The second-order valence-corrected chi connectivity index (χ2v) is 4.04. The summed E-state index contributed by atoms with van der Waals surface area (Å²) in [5, 5.41) is 10.1. The predicted octanol–water partition coefficient (Wildman–Crippen LogP) is -0.848. The van der Waals surface area contributed by atoms with Gasteiger partial charge in [-0.3, -0.25) is 5.10 Å². The second kappa shape index (κ2) is 3.39. The first-order valence-electron chi connectivity index (χ1n) is 3.54. The fourth-order valence-electron chi connectivity index (χ4n) is 0.955. The molecule has 0 saturated heterocycles. The number of aryl methyl sites for hydroxylation is 1. The SMILES string of the molecule is COC(=O)c1c(S(N)(=O)=O)n[nH]c1C. The van der Waals surface area contributed by atoms with Crippen molar-refractivity contribution in [3.05, 3.63) is 11.3 Å². The van der Waals surface area contributed by atoms with Gasteiger partial charge in [0.25, 0.3) is 10.0 Å². The van der Waals surface area contributed by atoms with E-state index < -0.39 is 21.0 Å². The molecule has 0 amide bonds. The first-order valence-corrected chi connectivity index (χ1v) is 5.08. The Morgan fingerprint density at radius 1 is 1.57 bits per heavy atom. The van der Waals surface area contributed by atoms with Crippen LogP contribution < -0.4 is 5.14 Å². The largest absolute Gasteiger partial charge is 0.465 e. The number of hydrogen-bond donors (Lipinski definition) is 2. The molecule has 0 atom stereocenters. The highest BCUT2D eigenvalue weighted by molar-refractivity contribution is 7.89. The zero-order valence-electron chi connectivity index (χ0n) is 7.57. The molecule has 3 N–H and O–H groups in total. The third kappa shape index (κ3) is 1.75. The minimum atomic E-state index is -4.01. The van der Waals surface area contributed by atoms with Crippen molar-refractivity contribution in [2.45, 2.75) is 11.9 Å². The maximum atomic E-state index is 11.2. The van der Waals surface area contributed by atoms with E-state index in [0.717, 1.165) is 7.11 Å². The molecule has 0 radical (unpaired) electrons. The number of esters is 1. The number of carbonyl (C=O) groups excluding carboxylic acids is 1. The van der Waals surface area contributed by atoms with Crippen LogP contribution >= 0.6 is 0 Å². The quantitative estimate of drug-likeness (QED) is 0.629. The summed E-state index contributed by atoms with van der Waals surface area (Å²) in [5.41, 5.74) is 0.135. The molecule has 0 unspecified atom stereocenters. The lowest BCUT2D eigenvalue weighted by atomic mass is 10.3. The number of nitrogens with one attached hydrogen (secondary N) is 1. The van der Waals surface area contributed by atoms with Gasteiger partial charge >= 0.3 is 5.97 Å². The number of aromatic nitrogens is 2. The van der Waals surface area contributed by atoms with Crippen molar-refractivity contribution < 1.29 is 17.9 Å². The second-order valence-electron chi connectivity index (χ2n) is 2.57. The fourth-order valence-corrected chi connectivity index (χ4v) is 1.65. The average Bonchev–Trinajstić information content (AvgIpc) is 2.45. The number of methoxy groups -OCH3 is 1. The highest BCUT2D eigenvalue weighted by Gasteiger charge is 2.25. The van der Waals surface area contributed by atoms with Gasteiger partial charge in [-0.25, -0.2) is 18.4 Å². The average molecular weight is 219 g/mol. The van der Waals surface area contributed by atoms with Crippen molar-refractivity contribution in [1.29, 1.82) is 0 Å². The van der Waals surface area contributed by atoms with Gasteiger partial charge in [-0.1, -0.05) is 0 Å². The molecule has 1 aromatic rings. The summed E-state index contributed by atoms with van der Waals surface area (Å²) in [7, 11) is -2.87. The lowest BCUT2D eigenvalue weighted by Gasteiger charge is -1.98. The number of nitrogens with zero attached hydrogens (tertiary/aromatic N) is 1. The van der Waals surface area contributed by atoms with Crippen molar-refractivity contribution in [1.82, 2.24) is 10.2 Å². The molecule has 0 saturated carbocycles.